The summed E-state index contributed by atoms with van der Waals surface area (Å²) in [5.41, 5.74) is -1.01. The van der Waals surface area contributed by atoms with E-state index < -0.39 is 23.4 Å². The summed E-state index contributed by atoms with van der Waals surface area (Å²) in [4.78, 5) is 32.1. The van der Waals surface area contributed by atoms with E-state index in [4.69, 9.17) is 4.74 Å². The Morgan fingerprint density at radius 3 is 2.44 bits per heavy atom. The molecular weight excluding hydrogens is 427 g/mol. The number of aromatic nitrogens is 2. The van der Waals surface area contributed by atoms with Gasteiger partial charge < -0.3 is 19.2 Å². The van der Waals surface area contributed by atoms with Gasteiger partial charge >= 0.3 is 12.1 Å². The predicted molar refractivity (Wildman–Crippen MR) is 110 cm³/mol. The smallest absolute Gasteiger partial charge is 0.434 e. The van der Waals surface area contributed by atoms with Crippen LogP contribution in [-0.2, 0) is 15.7 Å². The number of nitrogens with zero attached hydrogens (tertiary/aromatic N) is 3. The van der Waals surface area contributed by atoms with Crippen molar-refractivity contribution in [2.24, 2.45) is 0 Å². The molecular formula is C22H24F3N3O4. The van der Waals surface area contributed by atoms with E-state index in [9.17, 15) is 22.8 Å². The second-order valence-corrected chi connectivity index (χ2v) is 7.67. The number of esters is 1. The average molecular weight is 451 g/mol. The summed E-state index contributed by atoms with van der Waals surface area (Å²) in [5.74, 6) is -0.379. The Morgan fingerprint density at radius 1 is 1.22 bits per heavy atom. The fourth-order valence-corrected chi connectivity index (χ4v) is 3.39. The number of anilines is 1. The maximum Gasteiger partial charge on any atom is 0.434 e. The second kappa shape index (κ2) is 9.54. The molecule has 2 heterocycles. The Hall–Kier alpha value is -3.17. The van der Waals surface area contributed by atoms with E-state index in [1.807, 2.05) is 19.1 Å². The SMILES string of the molecule is CCOC(=O)c1cnc(N2CC(Oc3ccc([C@H](C)CC(C)=O)cc3)C2)nc1C(F)(F)F. The second-order valence-electron chi connectivity index (χ2n) is 7.67. The van der Waals surface area contributed by atoms with Gasteiger partial charge in [0, 0.05) is 12.6 Å². The van der Waals surface area contributed by atoms with Crippen molar-refractivity contribution in [2.75, 3.05) is 24.6 Å². The lowest BCUT2D eigenvalue weighted by atomic mass is 9.96. The minimum atomic E-state index is -4.82. The largest absolute Gasteiger partial charge is 0.487 e. The first kappa shape index (κ1) is 23.5. The van der Waals surface area contributed by atoms with Crippen molar-refractivity contribution in [3.05, 3.63) is 47.3 Å². The molecule has 10 heteroatoms. The molecule has 2 aromatic rings. The van der Waals surface area contributed by atoms with Gasteiger partial charge in [0.2, 0.25) is 5.95 Å². The zero-order valence-electron chi connectivity index (χ0n) is 18.0. The van der Waals surface area contributed by atoms with E-state index in [0.29, 0.717) is 25.3 Å². The Bertz CT molecular complexity index is 973. The zero-order chi connectivity index (χ0) is 23.5. The van der Waals surface area contributed by atoms with Crippen LogP contribution in [0.5, 0.6) is 5.75 Å². The number of benzene rings is 1. The Kier molecular flexibility index (Phi) is 7.00. The van der Waals surface area contributed by atoms with Gasteiger partial charge in [0.25, 0.3) is 0 Å². The van der Waals surface area contributed by atoms with E-state index in [0.717, 1.165) is 11.8 Å². The van der Waals surface area contributed by atoms with Gasteiger partial charge in [-0.2, -0.15) is 13.2 Å². The highest BCUT2D eigenvalue weighted by Crippen LogP contribution is 2.33. The van der Waals surface area contributed by atoms with Crippen molar-refractivity contribution in [2.45, 2.75) is 45.4 Å². The number of hydrogen-bond acceptors (Lipinski definition) is 7. The van der Waals surface area contributed by atoms with Crippen molar-refractivity contribution in [3.8, 4) is 5.75 Å². The normalized spacial score (nSPS) is 15.1. The topological polar surface area (TPSA) is 81.6 Å². The lowest BCUT2D eigenvalue weighted by Gasteiger charge is -2.39. The van der Waals surface area contributed by atoms with Gasteiger partial charge in [0.15, 0.2) is 5.69 Å². The Labute approximate surface area is 183 Å². The standard InChI is InChI=1S/C22H24F3N3O4/c1-4-31-20(30)18-10-26-21(27-19(18)22(23,24)25)28-11-17(12-28)32-16-7-5-15(6-8-16)13(2)9-14(3)29/h5-8,10,13,17H,4,9,11-12H2,1-3H3/t13-/m1/s1. The fraction of sp³-hybridized carbons (Fsp3) is 0.455. The van der Waals surface area contributed by atoms with E-state index in [2.05, 4.69) is 14.7 Å². The first-order valence-electron chi connectivity index (χ1n) is 10.2. The maximum atomic E-state index is 13.4. The van der Waals surface area contributed by atoms with Crippen LogP contribution in [0.2, 0.25) is 0 Å². The number of carbonyl (C=O) groups is 2. The number of carbonyl (C=O) groups excluding carboxylic acids is 2. The lowest BCUT2D eigenvalue weighted by Crippen LogP contribution is -2.54. The molecule has 0 unspecified atom stereocenters. The third-order valence-corrected chi connectivity index (χ3v) is 5.02. The quantitative estimate of drug-likeness (QED) is 0.561. The molecule has 0 aliphatic carbocycles. The van der Waals surface area contributed by atoms with Crippen molar-refractivity contribution in [1.82, 2.24) is 9.97 Å². The maximum absolute atomic E-state index is 13.4. The zero-order valence-corrected chi connectivity index (χ0v) is 18.0. The molecule has 172 valence electrons. The van der Waals surface area contributed by atoms with Gasteiger partial charge in [-0.3, -0.25) is 0 Å². The van der Waals surface area contributed by atoms with Crippen molar-refractivity contribution >= 4 is 17.7 Å². The molecule has 32 heavy (non-hydrogen) atoms. The molecule has 0 radical (unpaired) electrons. The summed E-state index contributed by atoms with van der Waals surface area (Å²) in [6.07, 6.45) is -3.75. The number of Topliss-reactive ketones (excluding diaryl/α,β-unsaturated/α-hetero) is 1. The van der Waals surface area contributed by atoms with Crippen LogP contribution in [0.3, 0.4) is 0 Å². The molecule has 0 saturated carbocycles. The van der Waals surface area contributed by atoms with Crippen LogP contribution in [0.4, 0.5) is 19.1 Å². The van der Waals surface area contributed by atoms with E-state index in [1.54, 1.807) is 19.1 Å². The molecule has 1 aromatic heterocycles. The molecule has 0 N–H and O–H groups in total. The minimum Gasteiger partial charge on any atom is -0.487 e. The number of ketones is 1. The number of halogens is 3. The fourth-order valence-electron chi connectivity index (χ4n) is 3.39. The van der Waals surface area contributed by atoms with Crippen LogP contribution in [0.15, 0.2) is 30.5 Å². The molecule has 7 nitrogen and oxygen atoms in total. The average Bonchev–Trinajstić information content (AvgIpc) is 2.69. The molecule has 1 fully saturated rings. The molecule has 1 saturated heterocycles. The highest BCUT2D eigenvalue weighted by atomic mass is 19.4. The van der Waals surface area contributed by atoms with Gasteiger partial charge in [0.1, 0.15) is 23.2 Å². The van der Waals surface area contributed by atoms with Crippen molar-refractivity contribution < 1.29 is 32.2 Å². The molecule has 0 amide bonds. The molecule has 0 spiro atoms. The Morgan fingerprint density at radius 2 is 1.88 bits per heavy atom. The molecule has 0 bridgehead atoms. The number of hydrogen-bond donors (Lipinski definition) is 0. The van der Waals surface area contributed by atoms with Crippen LogP contribution in [0, 0.1) is 0 Å². The van der Waals surface area contributed by atoms with Crippen molar-refractivity contribution in [3.63, 3.8) is 0 Å². The summed E-state index contributed by atoms with van der Waals surface area (Å²) >= 11 is 0. The van der Waals surface area contributed by atoms with Gasteiger partial charge in [-0.25, -0.2) is 14.8 Å². The van der Waals surface area contributed by atoms with Gasteiger partial charge in [0.05, 0.1) is 19.7 Å². The lowest BCUT2D eigenvalue weighted by molar-refractivity contribution is -0.141. The van der Waals surface area contributed by atoms with Gasteiger partial charge in [-0.1, -0.05) is 19.1 Å². The van der Waals surface area contributed by atoms with Crippen LogP contribution >= 0.6 is 0 Å². The highest BCUT2D eigenvalue weighted by molar-refractivity contribution is 5.90. The van der Waals surface area contributed by atoms with E-state index >= 15 is 0 Å². The van der Waals surface area contributed by atoms with Gasteiger partial charge in [-0.15, -0.1) is 0 Å². The van der Waals surface area contributed by atoms with Crippen LogP contribution in [-0.4, -0.2) is 47.5 Å². The summed E-state index contributed by atoms with van der Waals surface area (Å²) in [5, 5.41) is 0. The number of alkyl halides is 3. The predicted octanol–water partition coefficient (Wildman–Crippen LogP) is 4.02. The first-order chi connectivity index (χ1) is 15.1. The number of ether oxygens (including phenoxy) is 2. The van der Waals surface area contributed by atoms with Crippen molar-refractivity contribution in [1.29, 1.82) is 0 Å². The Balaban J connectivity index is 1.62. The number of rotatable bonds is 8. The molecule has 1 aromatic carbocycles. The first-order valence-corrected chi connectivity index (χ1v) is 10.2. The van der Waals surface area contributed by atoms with E-state index in [1.165, 1.54) is 11.8 Å². The molecule has 1 atom stereocenters. The molecule has 1 aliphatic heterocycles. The summed E-state index contributed by atoms with van der Waals surface area (Å²) in [6.45, 7) is 5.59. The summed E-state index contributed by atoms with van der Waals surface area (Å²) in [7, 11) is 0. The summed E-state index contributed by atoms with van der Waals surface area (Å²) in [6, 6.07) is 7.40. The van der Waals surface area contributed by atoms with Crippen LogP contribution < -0.4 is 9.64 Å². The summed E-state index contributed by atoms with van der Waals surface area (Å²) < 4.78 is 50.6. The van der Waals surface area contributed by atoms with E-state index in [-0.39, 0.29) is 30.4 Å². The third kappa shape index (κ3) is 5.54. The minimum absolute atomic E-state index is 0.0559. The highest BCUT2D eigenvalue weighted by Gasteiger charge is 2.40. The van der Waals surface area contributed by atoms with Crippen LogP contribution in [0.25, 0.3) is 0 Å². The van der Waals surface area contributed by atoms with Gasteiger partial charge in [-0.05, 0) is 37.5 Å². The van der Waals surface area contributed by atoms with Crippen LogP contribution in [0.1, 0.15) is 54.7 Å². The third-order valence-electron chi connectivity index (χ3n) is 5.02. The molecule has 1 aliphatic rings. The molecule has 3 rings (SSSR count). The monoisotopic (exact) mass is 451 g/mol.